The lowest BCUT2D eigenvalue weighted by Gasteiger charge is -2.07. The molecular formula is C14H28N2O6. The molecule has 0 bridgehead atoms. The van der Waals surface area contributed by atoms with Gasteiger partial charge in [0.2, 0.25) is 12.3 Å². The van der Waals surface area contributed by atoms with Crippen molar-refractivity contribution >= 4 is 12.3 Å². The van der Waals surface area contributed by atoms with Gasteiger partial charge in [-0.1, -0.05) is 6.92 Å². The van der Waals surface area contributed by atoms with Crippen molar-refractivity contribution in [3.63, 3.8) is 0 Å². The van der Waals surface area contributed by atoms with Gasteiger partial charge in [-0.3, -0.25) is 9.59 Å². The summed E-state index contributed by atoms with van der Waals surface area (Å²) in [6, 6.07) is 0. The quantitative estimate of drug-likeness (QED) is 0.272. The maximum atomic E-state index is 11.2. The van der Waals surface area contributed by atoms with Crippen LogP contribution in [-0.2, 0) is 28.5 Å². The van der Waals surface area contributed by atoms with Crippen LogP contribution in [-0.4, -0.2) is 78.3 Å². The Bertz CT molecular complexity index is 266. The molecule has 0 aliphatic rings. The molecule has 8 heteroatoms. The summed E-state index contributed by atoms with van der Waals surface area (Å²) >= 11 is 0. The third-order valence-corrected chi connectivity index (χ3v) is 2.40. The second kappa shape index (κ2) is 17.8. The minimum Gasteiger partial charge on any atom is -0.377 e. The van der Waals surface area contributed by atoms with Gasteiger partial charge in [-0.2, -0.15) is 0 Å². The van der Waals surface area contributed by atoms with Gasteiger partial charge in [0.15, 0.2) is 0 Å². The topological polar surface area (TPSA) is 95.1 Å². The normalized spacial score (nSPS) is 10.4. The van der Waals surface area contributed by atoms with Crippen molar-refractivity contribution in [3.05, 3.63) is 0 Å². The largest absolute Gasteiger partial charge is 0.377 e. The summed E-state index contributed by atoms with van der Waals surface area (Å²) in [5, 5.41) is 5.22. The van der Waals surface area contributed by atoms with Gasteiger partial charge in [-0.15, -0.1) is 0 Å². The fourth-order valence-corrected chi connectivity index (χ4v) is 1.33. The number of hydrogen-bond acceptors (Lipinski definition) is 6. The van der Waals surface area contributed by atoms with Gasteiger partial charge in [0.1, 0.15) is 6.61 Å². The summed E-state index contributed by atoms with van der Waals surface area (Å²) in [4.78, 5) is 21.1. The van der Waals surface area contributed by atoms with E-state index in [0.29, 0.717) is 65.7 Å². The van der Waals surface area contributed by atoms with E-state index in [-0.39, 0.29) is 12.5 Å². The average molecular weight is 320 g/mol. The molecule has 8 nitrogen and oxygen atoms in total. The van der Waals surface area contributed by atoms with Crippen molar-refractivity contribution in [2.24, 2.45) is 0 Å². The van der Waals surface area contributed by atoms with E-state index in [1.54, 1.807) is 0 Å². The molecule has 0 saturated carbocycles. The first-order valence-electron chi connectivity index (χ1n) is 7.56. The van der Waals surface area contributed by atoms with Gasteiger partial charge in [0, 0.05) is 13.1 Å². The highest BCUT2D eigenvalue weighted by Crippen LogP contribution is 1.83. The summed E-state index contributed by atoms with van der Waals surface area (Å²) in [7, 11) is 0. The molecule has 0 aromatic rings. The number of hydrogen-bond donors (Lipinski definition) is 2. The standard InChI is InChI=1S/C14H28N2O6/c1-2-3-16-14(18)12-22-11-10-21-9-8-20-7-6-19-5-4-15-13-17/h13H,2-12H2,1H3,(H,15,17)(H,16,18). The zero-order valence-electron chi connectivity index (χ0n) is 13.3. The fraction of sp³-hybridized carbons (Fsp3) is 0.857. The lowest BCUT2D eigenvalue weighted by Crippen LogP contribution is -2.28. The molecule has 0 radical (unpaired) electrons. The molecule has 130 valence electrons. The van der Waals surface area contributed by atoms with Crippen LogP contribution in [0.15, 0.2) is 0 Å². The van der Waals surface area contributed by atoms with E-state index in [4.69, 9.17) is 18.9 Å². The molecule has 0 unspecified atom stereocenters. The summed E-state index contributed by atoms with van der Waals surface area (Å²) in [6.45, 7) is 6.44. The molecule has 0 saturated heterocycles. The Hall–Kier alpha value is -1.22. The number of carbonyl (C=O) groups excluding carboxylic acids is 2. The van der Waals surface area contributed by atoms with Gasteiger partial charge >= 0.3 is 0 Å². The monoisotopic (exact) mass is 320 g/mol. The fourth-order valence-electron chi connectivity index (χ4n) is 1.33. The van der Waals surface area contributed by atoms with Crippen molar-refractivity contribution in [2.45, 2.75) is 13.3 Å². The van der Waals surface area contributed by atoms with Crippen LogP contribution in [0, 0.1) is 0 Å². The highest BCUT2D eigenvalue weighted by Gasteiger charge is 1.99. The lowest BCUT2D eigenvalue weighted by molar-refractivity contribution is -0.126. The second-order valence-corrected chi connectivity index (χ2v) is 4.31. The van der Waals surface area contributed by atoms with E-state index < -0.39 is 0 Å². The summed E-state index contributed by atoms with van der Waals surface area (Å²) in [5.41, 5.74) is 0. The summed E-state index contributed by atoms with van der Waals surface area (Å²) in [6.07, 6.45) is 1.55. The van der Waals surface area contributed by atoms with Crippen LogP contribution in [0.5, 0.6) is 0 Å². The molecule has 2 N–H and O–H groups in total. The second-order valence-electron chi connectivity index (χ2n) is 4.31. The van der Waals surface area contributed by atoms with E-state index in [1.807, 2.05) is 6.92 Å². The summed E-state index contributed by atoms with van der Waals surface area (Å²) < 4.78 is 20.9. The Balaban J connectivity index is 3.05. The summed E-state index contributed by atoms with van der Waals surface area (Å²) in [5.74, 6) is -0.103. The van der Waals surface area contributed by atoms with Crippen LogP contribution < -0.4 is 10.6 Å². The maximum Gasteiger partial charge on any atom is 0.245 e. The Morgan fingerprint density at radius 1 is 0.864 bits per heavy atom. The molecule has 0 aliphatic carbocycles. The van der Waals surface area contributed by atoms with E-state index in [9.17, 15) is 9.59 Å². The van der Waals surface area contributed by atoms with Crippen molar-refractivity contribution in [1.82, 2.24) is 10.6 Å². The smallest absolute Gasteiger partial charge is 0.245 e. The van der Waals surface area contributed by atoms with Crippen molar-refractivity contribution < 1.29 is 28.5 Å². The minimum atomic E-state index is -0.103. The van der Waals surface area contributed by atoms with E-state index in [0.717, 1.165) is 6.42 Å². The molecule has 2 amide bonds. The maximum absolute atomic E-state index is 11.2. The van der Waals surface area contributed by atoms with Crippen LogP contribution in [0.4, 0.5) is 0 Å². The molecule has 0 fully saturated rings. The Labute approximate surface area is 131 Å². The van der Waals surface area contributed by atoms with E-state index >= 15 is 0 Å². The van der Waals surface area contributed by atoms with Crippen LogP contribution >= 0.6 is 0 Å². The predicted octanol–water partition coefficient (Wildman–Crippen LogP) is -0.675. The molecule has 0 aromatic heterocycles. The Kier molecular flexibility index (Phi) is 16.8. The molecule has 0 rings (SSSR count). The number of amides is 2. The first-order valence-corrected chi connectivity index (χ1v) is 7.56. The Morgan fingerprint density at radius 3 is 1.95 bits per heavy atom. The molecule has 22 heavy (non-hydrogen) atoms. The Morgan fingerprint density at radius 2 is 1.41 bits per heavy atom. The van der Waals surface area contributed by atoms with Gasteiger partial charge in [-0.25, -0.2) is 0 Å². The molecule has 0 heterocycles. The number of nitrogens with one attached hydrogen (secondary N) is 2. The van der Waals surface area contributed by atoms with E-state index in [1.165, 1.54) is 0 Å². The van der Waals surface area contributed by atoms with Gasteiger partial charge in [0.25, 0.3) is 0 Å². The van der Waals surface area contributed by atoms with E-state index in [2.05, 4.69) is 10.6 Å². The van der Waals surface area contributed by atoms with Crippen LogP contribution in [0.25, 0.3) is 0 Å². The highest BCUT2D eigenvalue weighted by atomic mass is 16.6. The van der Waals surface area contributed by atoms with Crippen LogP contribution in [0.1, 0.15) is 13.3 Å². The molecule has 0 aromatic carbocycles. The third kappa shape index (κ3) is 16.8. The van der Waals surface area contributed by atoms with Gasteiger partial charge in [0.05, 0.1) is 46.2 Å². The average Bonchev–Trinajstić information content (AvgIpc) is 2.53. The zero-order chi connectivity index (χ0) is 16.3. The molecular weight excluding hydrogens is 292 g/mol. The van der Waals surface area contributed by atoms with Gasteiger partial charge in [-0.05, 0) is 6.42 Å². The zero-order valence-corrected chi connectivity index (χ0v) is 13.3. The van der Waals surface area contributed by atoms with Crippen LogP contribution in [0.2, 0.25) is 0 Å². The minimum absolute atomic E-state index is 0.0656. The number of carbonyl (C=O) groups is 2. The van der Waals surface area contributed by atoms with Gasteiger partial charge < -0.3 is 29.6 Å². The first-order chi connectivity index (χ1) is 10.8. The molecule has 0 atom stereocenters. The van der Waals surface area contributed by atoms with Crippen molar-refractivity contribution in [1.29, 1.82) is 0 Å². The molecule has 0 spiro atoms. The molecule has 0 aliphatic heterocycles. The SMILES string of the molecule is CCCNC(=O)COCCOCCOCCOCCNC=O. The first kappa shape index (κ1) is 20.8. The number of rotatable bonds is 17. The van der Waals surface area contributed by atoms with Crippen molar-refractivity contribution in [3.8, 4) is 0 Å². The number of ether oxygens (including phenoxy) is 4. The predicted molar refractivity (Wildman–Crippen MR) is 80.6 cm³/mol. The third-order valence-electron chi connectivity index (χ3n) is 2.40. The van der Waals surface area contributed by atoms with Crippen LogP contribution in [0.3, 0.4) is 0 Å². The lowest BCUT2D eigenvalue weighted by atomic mass is 10.5. The highest BCUT2D eigenvalue weighted by molar-refractivity contribution is 5.77. The van der Waals surface area contributed by atoms with Crippen molar-refractivity contribution in [2.75, 3.05) is 65.9 Å².